The topological polar surface area (TPSA) is 49.4 Å². The van der Waals surface area contributed by atoms with E-state index in [-0.39, 0.29) is 17.7 Å². The maximum atomic E-state index is 12.7. The minimum atomic E-state index is -0.190. The highest BCUT2D eigenvalue weighted by Crippen LogP contribution is 2.29. The van der Waals surface area contributed by atoms with Gasteiger partial charge in [0, 0.05) is 24.6 Å². The number of anilines is 2. The molecule has 1 aliphatic heterocycles. The second-order valence-electron chi connectivity index (χ2n) is 6.93. The fourth-order valence-electron chi connectivity index (χ4n) is 3.10. The minimum Gasteiger partial charge on any atom is -0.306 e. The van der Waals surface area contributed by atoms with Crippen molar-refractivity contribution in [1.82, 2.24) is 0 Å². The number of hydrogen-bond acceptors (Lipinski definition) is 2. The normalized spacial score (nSPS) is 13.5. The molecule has 0 aliphatic carbocycles. The van der Waals surface area contributed by atoms with Gasteiger partial charge in [0.25, 0.3) is 0 Å². The third kappa shape index (κ3) is 4.07. The highest BCUT2D eigenvalue weighted by Gasteiger charge is 2.22. The van der Waals surface area contributed by atoms with E-state index in [9.17, 15) is 9.59 Å². The number of halogens is 1. The van der Waals surface area contributed by atoms with E-state index in [1.807, 2.05) is 38.1 Å². The lowest BCUT2D eigenvalue weighted by Crippen LogP contribution is -2.38. The first-order chi connectivity index (χ1) is 12.5. The molecule has 26 heavy (non-hydrogen) atoms. The molecular formula is C21H23ClN2O2. The van der Waals surface area contributed by atoms with Crippen LogP contribution in [0.25, 0.3) is 0 Å². The molecule has 1 aliphatic rings. The Bertz CT molecular complexity index is 833. The zero-order valence-electron chi connectivity index (χ0n) is 15.1. The first-order valence-corrected chi connectivity index (χ1v) is 9.31. The van der Waals surface area contributed by atoms with Gasteiger partial charge in [0.2, 0.25) is 0 Å². The summed E-state index contributed by atoms with van der Waals surface area (Å²) in [5, 5.41) is 3.34. The average molecular weight is 371 g/mol. The van der Waals surface area contributed by atoms with Gasteiger partial charge in [-0.15, -0.1) is 0 Å². The lowest BCUT2D eigenvalue weighted by molar-refractivity contribution is -0.121. The standard InChI is InChI=1S/C21H23ClN2O2/c1-14(2)20(25)13-15-9-10-18(17(22)12-15)23-21(26)24-11-5-7-16-6-3-4-8-19(16)24/h3-4,6,8-10,12,14H,5,7,11,13H2,1-2H3,(H,23,26). The Labute approximate surface area is 159 Å². The molecule has 0 spiro atoms. The second-order valence-corrected chi connectivity index (χ2v) is 7.33. The lowest BCUT2D eigenvalue weighted by Gasteiger charge is -2.29. The van der Waals surface area contributed by atoms with E-state index in [2.05, 4.69) is 11.4 Å². The zero-order valence-corrected chi connectivity index (χ0v) is 15.8. The molecule has 3 rings (SSSR count). The highest BCUT2D eigenvalue weighted by molar-refractivity contribution is 6.34. The molecule has 0 fully saturated rings. The van der Waals surface area contributed by atoms with Crippen molar-refractivity contribution < 1.29 is 9.59 Å². The number of nitrogens with one attached hydrogen (secondary N) is 1. The lowest BCUT2D eigenvalue weighted by atomic mass is 10.0. The van der Waals surface area contributed by atoms with Crippen molar-refractivity contribution in [1.29, 1.82) is 0 Å². The summed E-state index contributed by atoms with van der Waals surface area (Å²) in [6.07, 6.45) is 2.28. The van der Waals surface area contributed by atoms with Gasteiger partial charge in [-0.25, -0.2) is 4.79 Å². The first-order valence-electron chi connectivity index (χ1n) is 8.93. The van der Waals surface area contributed by atoms with E-state index in [0.717, 1.165) is 24.1 Å². The molecule has 1 N–H and O–H groups in total. The van der Waals surface area contributed by atoms with E-state index in [0.29, 0.717) is 23.7 Å². The minimum absolute atomic E-state index is 0.00711. The van der Waals surface area contributed by atoms with Crippen molar-refractivity contribution in [3.05, 3.63) is 58.6 Å². The van der Waals surface area contributed by atoms with Gasteiger partial charge in [0.15, 0.2) is 0 Å². The number of hydrogen-bond donors (Lipinski definition) is 1. The number of carbonyl (C=O) groups is 2. The largest absolute Gasteiger partial charge is 0.326 e. The molecule has 136 valence electrons. The molecule has 1 heterocycles. The molecule has 5 heteroatoms. The first kappa shape index (κ1) is 18.5. The van der Waals surface area contributed by atoms with E-state index in [4.69, 9.17) is 11.6 Å². The van der Waals surface area contributed by atoms with Crippen molar-refractivity contribution in [2.75, 3.05) is 16.8 Å². The molecular weight excluding hydrogens is 348 g/mol. The number of amides is 2. The summed E-state index contributed by atoms with van der Waals surface area (Å²) < 4.78 is 0. The summed E-state index contributed by atoms with van der Waals surface area (Å²) in [5.74, 6) is 0.162. The smallest absolute Gasteiger partial charge is 0.306 e. The zero-order chi connectivity index (χ0) is 18.7. The molecule has 0 unspecified atom stereocenters. The predicted octanol–water partition coefficient (Wildman–Crippen LogP) is 5.09. The van der Waals surface area contributed by atoms with Gasteiger partial charge in [-0.2, -0.15) is 0 Å². The average Bonchev–Trinajstić information content (AvgIpc) is 2.63. The third-order valence-corrected chi connectivity index (χ3v) is 4.97. The van der Waals surface area contributed by atoms with Gasteiger partial charge in [-0.1, -0.05) is 49.7 Å². The van der Waals surface area contributed by atoms with Gasteiger partial charge < -0.3 is 5.32 Å². The number of aryl methyl sites for hydroxylation is 1. The quantitative estimate of drug-likeness (QED) is 0.814. The van der Waals surface area contributed by atoms with Crippen LogP contribution in [0.4, 0.5) is 16.2 Å². The molecule has 0 saturated heterocycles. The summed E-state index contributed by atoms with van der Waals surface area (Å²) in [6.45, 7) is 4.45. The van der Waals surface area contributed by atoms with Crippen molar-refractivity contribution >= 4 is 34.8 Å². The monoisotopic (exact) mass is 370 g/mol. The van der Waals surface area contributed by atoms with Gasteiger partial charge in [0.05, 0.1) is 10.7 Å². The van der Waals surface area contributed by atoms with Crippen LogP contribution in [0.5, 0.6) is 0 Å². The van der Waals surface area contributed by atoms with Crippen LogP contribution >= 0.6 is 11.6 Å². The van der Waals surface area contributed by atoms with Crippen LogP contribution in [0.1, 0.15) is 31.4 Å². The number of benzene rings is 2. The van der Waals surface area contributed by atoms with Crippen molar-refractivity contribution in [2.45, 2.75) is 33.1 Å². The number of rotatable bonds is 4. The maximum absolute atomic E-state index is 12.7. The van der Waals surface area contributed by atoms with Crippen molar-refractivity contribution in [3.63, 3.8) is 0 Å². The Morgan fingerprint density at radius 2 is 1.96 bits per heavy atom. The number of urea groups is 1. The maximum Gasteiger partial charge on any atom is 0.326 e. The fourth-order valence-corrected chi connectivity index (χ4v) is 3.35. The fraction of sp³-hybridized carbons (Fsp3) is 0.333. The van der Waals surface area contributed by atoms with Gasteiger partial charge in [-0.3, -0.25) is 9.69 Å². The molecule has 2 aromatic carbocycles. The highest BCUT2D eigenvalue weighted by atomic mass is 35.5. The summed E-state index contributed by atoms with van der Waals surface area (Å²) in [5.41, 5.74) is 3.55. The van der Waals surface area contributed by atoms with Gasteiger partial charge in [0.1, 0.15) is 5.78 Å². The predicted molar refractivity (Wildman–Crippen MR) is 106 cm³/mol. The van der Waals surface area contributed by atoms with Crippen LogP contribution in [0.15, 0.2) is 42.5 Å². The molecule has 0 bridgehead atoms. The SMILES string of the molecule is CC(C)C(=O)Cc1ccc(NC(=O)N2CCCc3ccccc32)c(Cl)c1. The molecule has 2 aromatic rings. The Balaban J connectivity index is 1.73. The molecule has 0 radical (unpaired) electrons. The Hall–Kier alpha value is -2.33. The van der Waals surface area contributed by atoms with Crippen LogP contribution in [0.3, 0.4) is 0 Å². The van der Waals surface area contributed by atoms with Crippen LogP contribution < -0.4 is 10.2 Å². The number of ketones is 1. The molecule has 2 amide bonds. The van der Waals surface area contributed by atoms with E-state index in [1.54, 1.807) is 17.0 Å². The molecule has 0 aromatic heterocycles. The van der Waals surface area contributed by atoms with Gasteiger partial charge >= 0.3 is 6.03 Å². The summed E-state index contributed by atoms with van der Waals surface area (Å²) >= 11 is 6.33. The molecule has 0 atom stereocenters. The van der Waals surface area contributed by atoms with Crippen LogP contribution in [0, 0.1) is 5.92 Å². The van der Waals surface area contributed by atoms with Crippen LogP contribution in [-0.4, -0.2) is 18.4 Å². The second kappa shape index (κ2) is 7.92. The number of fused-ring (bicyclic) bond motifs is 1. The molecule has 4 nitrogen and oxygen atoms in total. The number of carbonyl (C=O) groups excluding carboxylic acids is 2. The van der Waals surface area contributed by atoms with E-state index < -0.39 is 0 Å². The van der Waals surface area contributed by atoms with E-state index >= 15 is 0 Å². The van der Waals surface area contributed by atoms with Crippen molar-refractivity contribution in [2.24, 2.45) is 5.92 Å². The van der Waals surface area contributed by atoms with E-state index in [1.165, 1.54) is 5.56 Å². The summed E-state index contributed by atoms with van der Waals surface area (Å²) in [6, 6.07) is 13.1. The van der Waals surface area contributed by atoms with Crippen LogP contribution in [-0.2, 0) is 17.6 Å². The van der Waals surface area contributed by atoms with Gasteiger partial charge in [-0.05, 0) is 42.2 Å². The summed E-state index contributed by atoms with van der Waals surface area (Å²) in [7, 11) is 0. The Morgan fingerprint density at radius 1 is 1.19 bits per heavy atom. The third-order valence-electron chi connectivity index (χ3n) is 4.65. The number of Topliss-reactive ketones (excluding diaryl/α,β-unsaturated/α-hetero) is 1. The molecule has 0 saturated carbocycles. The Kier molecular flexibility index (Phi) is 5.62. The number of para-hydroxylation sites is 1. The number of nitrogens with zero attached hydrogens (tertiary/aromatic N) is 1. The van der Waals surface area contributed by atoms with Crippen LogP contribution in [0.2, 0.25) is 5.02 Å². The summed E-state index contributed by atoms with van der Waals surface area (Å²) in [4.78, 5) is 26.4. The Morgan fingerprint density at radius 3 is 2.69 bits per heavy atom. The van der Waals surface area contributed by atoms with Crippen molar-refractivity contribution in [3.8, 4) is 0 Å².